The third-order valence-electron chi connectivity index (χ3n) is 2.98. The number of rotatable bonds is 8. The first-order valence-electron chi connectivity index (χ1n) is 6.71. The molecule has 1 aromatic carbocycles. The smallest absolute Gasteiger partial charge is 0.149 e. The molecule has 6 heteroatoms. The molecule has 20 heavy (non-hydrogen) atoms. The zero-order valence-electron chi connectivity index (χ0n) is 12.3. The summed E-state index contributed by atoms with van der Waals surface area (Å²) in [5.41, 5.74) is 1.31. The van der Waals surface area contributed by atoms with Gasteiger partial charge in [-0.15, -0.1) is 0 Å². The normalized spacial score (nSPS) is 11.6. The minimum Gasteiger partial charge on any atom is -0.371 e. The summed E-state index contributed by atoms with van der Waals surface area (Å²) in [4.78, 5) is 1.62. The van der Waals surface area contributed by atoms with Gasteiger partial charge in [0.15, 0.2) is 0 Å². The summed E-state index contributed by atoms with van der Waals surface area (Å²) >= 11 is 0. The Hall–Kier alpha value is -1.14. The van der Waals surface area contributed by atoms with Crippen LogP contribution in [0, 0.1) is 5.82 Å². The van der Waals surface area contributed by atoms with Gasteiger partial charge in [-0.1, -0.05) is 13.0 Å². The average molecular weight is 302 g/mol. The van der Waals surface area contributed by atoms with Gasteiger partial charge in [-0.25, -0.2) is 12.8 Å². The van der Waals surface area contributed by atoms with Crippen LogP contribution in [0.3, 0.4) is 0 Å². The van der Waals surface area contributed by atoms with Crippen LogP contribution in [0.25, 0.3) is 0 Å². The standard InChI is InChI=1S/C14H23FN2O2S/c1-4-7-16-11-12-5-6-14(13(15)10-12)17(2)8-9-20(3,18)19/h5-6,10,16H,4,7-9,11H2,1-3H3. The van der Waals surface area contributed by atoms with Crippen molar-refractivity contribution in [2.24, 2.45) is 0 Å². The fourth-order valence-corrected chi connectivity index (χ4v) is 2.41. The number of hydrogen-bond acceptors (Lipinski definition) is 4. The molecule has 0 atom stereocenters. The zero-order chi connectivity index (χ0) is 15.2. The summed E-state index contributed by atoms with van der Waals surface area (Å²) in [5, 5.41) is 3.21. The van der Waals surface area contributed by atoms with E-state index < -0.39 is 9.84 Å². The van der Waals surface area contributed by atoms with Gasteiger partial charge in [-0.3, -0.25) is 0 Å². The van der Waals surface area contributed by atoms with Crippen LogP contribution in [0.5, 0.6) is 0 Å². The van der Waals surface area contributed by atoms with E-state index in [9.17, 15) is 12.8 Å². The van der Waals surface area contributed by atoms with E-state index in [1.165, 1.54) is 12.3 Å². The molecule has 1 aromatic rings. The molecule has 0 saturated heterocycles. The molecule has 0 aliphatic heterocycles. The second-order valence-electron chi connectivity index (χ2n) is 5.01. The maximum Gasteiger partial charge on any atom is 0.149 e. The molecular formula is C14H23FN2O2S. The molecule has 1 N–H and O–H groups in total. The fraction of sp³-hybridized carbons (Fsp3) is 0.571. The zero-order valence-corrected chi connectivity index (χ0v) is 13.1. The molecule has 0 bridgehead atoms. The summed E-state index contributed by atoms with van der Waals surface area (Å²) in [7, 11) is -1.34. The maximum absolute atomic E-state index is 14.0. The first-order chi connectivity index (χ1) is 9.33. The topological polar surface area (TPSA) is 49.4 Å². The summed E-state index contributed by atoms with van der Waals surface area (Å²) in [5.74, 6) is -0.306. The van der Waals surface area contributed by atoms with E-state index >= 15 is 0 Å². The predicted octanol–water partition coefficient (Wildman–Crippen LogP) is 1.81. The van der Waals surface area contributed by atoms with Crippen LogP contribution in [-0.2, 0) is 16.4 Å². The Balaban J connectivity index is 2.67. The second kappa shape index (κ2) is 7.59. The van der Waals surface area contributed by atoms with Crippen molar-refractivity contribution in [3.8, 4) is 0 Å². The van der Waals surface area contributed by atoms with Crippen molar-refractivity contribution in [1.82, 2.24) is 5.32 Å². The van der Waals surface area contributed by atoms with Gasteiger partial charge in [0.2, 0.25) is 0 Å². The van der Waals surface area contributed by atoms with Crippen LogP contribution in [-0.4, -0.2) is 40.6 Å². The van der Waals surface area contributed by atoms with Crippen molar-refractivity contribution in [2.75, 3.05) is 37.0 Å². The first-order valence-corrected chi connectivity index (χ1v) is 8.77. The largest absolute Gasteiger partial charge is 0.371 e. The number of hydrogen-bond donors (Lipinski definition) is 1. The summed E-state index contributed by atoms with van der Waals surface area (Å²) < 4.78 is 36.3. The lowest BCUT2D eigenvalue weighted by Gasteiger charge is -2.20. The van der Waals surface area contributed by atoms with Gasteiger partial charge < -0.3 is 10.2 Å². The SMILES string of the molecule is CCCNCc1ccc(N(C)CCS(C)(=O)=O)c(F)c1. The Bertz CT molecular complexity index is 532. The van der Waals surface area contributed by atoms with E-state index in [2.05, 4.69) is 12.2 Å². The molecule has 0 spiro atoms. The number of halogens is 1. The van der Waals surface area contributed by atoms with Gasteiger partial charge in [0, 0.05) is 26.4 Å². The van der Waals surface area contributed by atoms with Gasteiger partial charge in [0.25, 0.3) is 0 Å². The predicted molar refractivity (Wildman–Crippen MR) is 81.4 cm³/mol. The van der Waals surface area contributed by atoms with Crippen molar-refractivity contribution in [3.63, 3.8) is 0 Å². The average Bonchev–Trinajstić information content (AvgIpc) is 2.35. The maximum atomic E-state index is 14.0. The van der Waals surface area contributed by atoms with Gasteiger partial charge in [0.1, 0.15) is 15.7 Å². The number of sulfone groups is 1. The van der Waals surface area contributed by atoms with E-state index in [0.717, 1.165) is 18.5 Å². The number of anilines is 1. The highest BCUT2D eigenvalue weighted by molar-refractivity contribution is 7.90. The quantitative estimate of drug-likeness (QED) is 0.744. The minimum absolute atomic E-state index is 0.0166. The summed E-state index contributed by atoms with van der Waals surface area (Å²) in [6.07, 6.45) is 2.22. The Labute approximate surface area is 120 Å². The fourth-order valence-electron chi connectivity index (χ4n) is 1.80. The first kappa shape index (κ1) is 16.9. The van der Waals surface area contributed by atoms with Crippen LogP contribution in [0.1, 0.15) is 18.9 Å². The molecular weight excluding hydrogens is 279 g/mol. The van der Waals surface area contributed by atoms with Crippen LogP contribution in [0.15, 0.2) is 18.2 Å². The third kappa shape index (κ3) is 5.88. The van der Waals surface area contributed by atoms with Crippen molar-refractivity contribution in [1.29, 1.82) is 0 Å². The highest BCUT2D eigenvalue weighted by atomic mass is 32.2. The van der Waals surface area contributed by atoms with Crippen molar-refractivity contribution in [2.45, 2.75) is 19.9 Å². The summed E-state index contributed by atoms with van der Waals surface area (Å²) in [6, 6.07) is 5.05. The van der Waals surface area contributed by atoms with Crippen LogP contribution >= 0.6 is 0 Å². The van der Waals surface area contributed by atoms with Crippen molar-refractivity contribution < 1.29 is 12.8 Å². The van der Waals surface area contributed by atoms with Crippen LogP contribution in [0.2, 0.25) is 0 Å². The highest BCUT2D eigenvalue weighted by Crippen LogP contribution is 2.19. The van der Waals surface area contributed by atoms with Crippen molar-refractivity contribution in [3.05, 3.63) is 29.6 Å². The Morgan fingerprint density at radius 3 is 2.60 bits per heavy atom. The molecule has 0 unspecified atom stereocenters. The Morgan fingerprint density at radius 2 is 2.05 bits per heavy atom. The molecule has 0 saturated carbocycles. The minimum atomic E-state index is -3.04. The second-order valence-corrected chi connectivity index (χ2v) is 7.27. The lowest BCUT2D eigenvalue weighted by molar-refractivity contribution is 0.598. The van der Waals surface area contributed by atoms with E-state index in [4.69, 9.17) is 0 Å². The van der Waals surface area contributed by atoms with Crippen molar-refractivity contribution >= 4 is 15.5 Å². The third-order valence-corrected chi connectivity index (χ3v) is 3.90. The molecule has 0 heterocycles. The molecule has 0 radical (unpaired) electrons. The Kier molecular flexibility index (Phi) is 6.42. The van der Waals surface area contributed by atoms with E-state index in [0.29, 0.717) is 12.2 Å². The Morgan fingerprint density at radius 1 is 1.35 bits per heavy atom. The monoisotopic (exact) mass is 302 g/mol. The molecule has 4 nitrogen and oxygen atoms in total. The molecule has 0 aliphatic rings. The van der Waals surface area contributed by atoms with E-state index in [1.807, 2.05) is 6.07 Å². The lowest BCUT2D eigenvalue weighted by atomic mass is 10.2. The van der Waals surface area contributed by atoms with E-state index in [1.54, 1.807) is 18.0 Å². The molecule has 0 aliphatic carbocycles. The van der Waals surface area contributed by atoms with Gasteiger partial charge in [-0.2, -0.15) is 0 Å². The summed E-state index contributed by atoms with van der Waals surface area (Å²) in [6.45, 7) is 3.90. The van der Waals surface area contributed by atoms with Crippen LogP contribution < -0.4 is 10.2 Å². The number of nitrogens with one attached hydrogen (secondary N) is 1. The van der Waals surface area contributed by atoms with Gasteiger partial charge >= 0.3 is 0 Å². The molecule has 0 aromatic heterocycles. The number of benzene rings is 1. The molecule has 1 rings (SSSR count). The molecule has 0 fully saturated rings. The highest BCUT2D eigenvalue weighted by Gasteiger charge is 2.11. The number of nitrogens with zero attached hydrogens (tertiary/aromatic N) is 1. The lowest BCUT2D eigenvalue weighted by Crippen LogP contribution is -2.25. The van der Waals surface area contributed by atoms with Crippen LogP contribution in [0.4, 0.5) is 10.1 Å². The van der Waals surface area contributed by atoms with E-state index in [-0.39, 0.29) is 18.1 Å². The molecule has 114 valence electrons. The van der Waals surface area contributed by atoms with Gasteiger partial charge in [0.05, 0.1) is 11.4 Å². The van der Waals surface area contributed by atoms with Gasteiger partial charge in [-0.05, 0) is 30.7 Å². The molecule has 0 amide bonds.